The third-order valence-corrected chi connectivity index (χ3v) is 2.14. The molecular weight excluding hydrogens is 192 g/mol. The maximum atomic E-state index is 11.0. The maximum absolute atomic E-state index is 11.0. The van der Waals surface area contributed by atoms with Crippen LogP contribution in [0.4, 0.5) is 4.79 Å². The van der Waals surface area contributed by atoms with Crippen molar-refractivity contribution < 1.29 is 9.53 Å². The lowest BCUT2D eigenvalue weighted by molar-refractivity contribution is 0.159. The fourth-order valence-electron chi connectivity index (χ4n) is 1.34. The molecule has 1 aromatic rings. The molecule has 0 atom stereocenters. The molecular formula is C11H12N2O2. The van der Waals surface area contributed by atoms with Crippen LogP contribution in [-0.4, -0.2) is 37.0 Å². The van der Waals surface area contributed by atoms with Gasteiger partial charge in [-0.1, -0.05) is 30.3 Å². The Morgan fingerprint density at radius 2 is 2.20 bits per heavy atom. The highest BCUT2D eigenvalue weighted by Gasteiger charge is 2.20. The first-order chi connectivity index (χ1) is 7.36. The molecule has 1 aliphatic rings. The molecule has 0 aromatic heterocycles. The van der Waals surface area contributed by atoms with E-state index in [-0.39, 0.29) is 6.09 Å². The van der Waals surface area contributed by atoms with Gasteiger partial charge in [0.15, 0.2) is 0 Å². The third kappa shape index (κ3) is 2.56. The van der Waals surface area contributed by atoms with Gasteiger partial charge in [0.25, 0.3) is 0 Å². The van der Waals surface area contributed by atoms with E-state index in [1.165, 1.54) is 0 Å². The van der Waals surface area contributed by atoms with Crippen LogP contribution in [0.25, 0.3) is 0 Å². The van der Waals surface area contributed by atoms with Gasteiger partial charge in [-0.15, -0.1) is 0 Å². The molecule has 78 valence electrons. The van der Waals surface area contributed by atoms with Crippen molar-refractivity contribution in [2.24, 2.45) is 4.99 Å². The smallest absolute Gasteiger partial charge is 0.411 e. The second-order valence-corrected chi connectivity index (χ2v) is 3.24. The third-order valence-electron chi connectivity index (χ3n) is 2.14. The molecule has 0 bridgehead atoms. The molecule has 0 aliphatic carbocycles. The molecule has 1 aliphatic heterocycles. The zero-order valence-corrected chi connectivity index (χ0v) is 8.30. The van der Waals surface area contributed by atoms with E-state index in [0.717, 1.165) is 5.56 Å². The molecule has 2 rings (SSSR count). The van der Waals surface area contributed by atoms with Gasteiger partial charge in [0.2, 0.25) is 0 Å². The number of amides is 1. The monoisotopic (exact) mass is 204 g/mol. The van der Waals surface area contributed by atoms with Gasteiger partial charge < -0.3 is 4.74 Å². The van der Waals surface area contributed by atoms with Gasteiger partial charge in [0.05, 0.1) is 6.54 Å². The highest BCUT2D eigenvalue weighted by Crippen LogP contribution is 2.02. The lowest BCUT2D eigenvalue weighted by Gasteiger charge is -2.07. The summed E-state index contributed by atoms with van der Waals surface area (Å²) in [6, 6.07) is 9.78. The van der Waals surface area contributed by atoms with Crippen LogP contribution in [0, 0.1) is 0 Å². The second-order valence-electron chi connectivity index (χ2n) is 3.24. The van der Waals surface area contributed by atoms with Crippen LogP contribution in [-0.2, 0) is 4.74 Å². The minimum Gasteiger partial charge on any atom is -0.447 e. The summed E-state index contributed by atoms with van der Waals surface area (Å²) in [5, 5.41) is 0. The number of benzene rings is 1. The molecule has 1 saturated heterocycles. The lowest BCUT2D eigenvalue weighted by Crippen LogP contribution is -2.24. The minimum absolute atomic E-state index is 0.278. The second kappa shape index (κ2) is 4.59. The molecule has 1 heterocycles. The summed E-state index contributed by atoms with van der Waals surface area (Å²) in [5.74, 6) is 0. The number of nitrogens with zero attached hydrogens (tertiary/aromatic N) is 2. The van der Waals surface area contributed by atoms with Gasteiger partial charge in [-0.25, -0.2) is 4.79 Å². The van der Waals surface area contributed by atoms with Crippen LogP contribution in [0.1, 0.15) is 5.56 Å². The predicted molar refractivity (Wildman–Crippen MR) is 57.0 cm³/mol. The largest absolute Gasteiger partial charge is 0.447 e. The number of carbonyl (C=O) groups excluding carboxylic acids is 1. The Morgan fingerprint density at radius 3 is 2.87 bits per heavy atom. The van der Waals surface area contributed by atoms with Gasteiger partial charge in [-0.3, -0.25) is 9.89 Å². The number of ether oxygens (including phenoxy) is 1. The van der Waals surface area contributed by atoms with Crippen LogP contribution in [0.3, 0.4) is 0 Å². The molecule has 0 unspecified atom stereocenters. The lowest BCUT2D eigenvalue weighted by atomic mass is 10.2. The van der Waals surface area contributed by atoms with Crippen molar-refractivity contribution in [2.75, 3.05) is 19.8 Å². The molecule has 0 spiro atoms. The first-order valence-corrected chi connectivity index (χ1v) is 4.83. The summed E-state index contributed by atoms with van der Waals surface area (Å²) in [7, 11) is 0. The minimum atomic E-state index is -0.278. The zero-order chi connectivity index (χ0) is 10.5. The SMILES string of the molecule is O=C1OCCN1C/N=C/c1ccccc1. The van der Waals surface area contributed by atoms with E-state index in [0.29, 0.717) is 19.8 Å². The molecule has 1 amide bonds. The summed E-state index contributed by atoms with van der Waals surface area (Å²) < 4.78 is 4.78. The van der Waals surface area contributed by atoms with Crippen molar-refractivity contribution in [1.29, 1.82) is 0 Å². The number of rotatable bonds is 3. The van der Waals surface area contributed by atoms with Crippen LogP contribution in [0.15, 0.2) is 35.3 Å². The van der Waals surface area contributed by atoms with Crippen LogP contribution in [0.2, 0.25) is 0 Å². The number of aliphatic imine (C=N–C) groups is 1. The Labute approximate surface area is 88.2 Å². The standard InChI is InChI=1S/C11H12N2O2/c14-11-13(6-7-15-11)9-12-8-10-4-2-1-3-5-10/h1-5,8H,6-7,9H2/b12-8+. The summed E-state index contributed by atoms with van der Waals surface area (Å²) in [6.45, 7) is 1.47. The van der Waals surface area contributed by atoms with E-state index in [9.17, 15) is 4.79 Å². The van der Waals surface area contributed by atoms with Crippen molar-refractivity contribution in [1.82, 2.24) is 4.90 Å². The van der Waals surface area contributed by atoms with Crippen molar-refractivity contribution in [3.05, 3.63) is 35.9 Å². The van der Waals surface area contributed by atoms with E-state index < -0.39 is 0 Å². The van der Waals surface area contributed by atoms with E-state index in [1.54, 1.807) is 11.1 Å². The Morgan fingerprint density at radius 1 is 1.40 bits per heavy atom. The zero-order valence-electron chi connectivity index (χ0n) is 8.30. The van der Waals surface area contributed by atoms with Crippen LogP contribution in [0.5, 0.6) is 0 Å². The number of carbonyl (C=O) groups is 1. The number of hydrogen-bond acceptors (Lipinski definition) is 3. The average Bonchev–Trinajstić information content (AvgIpc) is 2.66. The molecule has 4 heteroatoms. The summed E-state index contributed by atoms with van der Waals surface area (Å²) >= 11 is 0. The van der Waals surface area contributed by atoms with E-state index in [4.69, 9.17) is 4.74 Å². The van der Waals surface area contributed by atoms with Gasteiger partial charge in [0, 0.05) is 6.21 Å². The summed E-state index contributed by atoms with van der Waals surface area (Å²) in [4.78, 5) is 16.8. The van der Waals surface area contributed by atoms with Crippen molar-refractivity contribution in [3.63, 3.8) is 0 Å². The first-order valence-electron chi connectivity index (χ1n) is 4.83. The summed E-state index contributed by atoms with van der Waals surface area (Å²) in [5.41, 5.74) is 1.03. The number of cyclic esters (lactones) is 1. The quantitative estimate of drug-likeness (QED) is 0.700. The molecule has 15 heavy (non-hydrogen) atoms. The molecule has 0 saturated carbocycles. The Hall–Kier alpha value is -1.84. The van der Waals surface area contributed by atoms with E-state index in [1.807, 2.05) is 30.3 Å². The van der Waals surface area contributed by atoms with Gasteiger partial charge in [-0.2, -0.15) is 0 Å². The summed E-state index contributed by atoms with van der Waals surface area (Å²) in [6.07, 6.45) is 1.48. The normalized spacial score (nSPS) is 16.0. The molecule has 1 aromatic carbocycles. The van der Waals surface area contributed by atoms with E-state index >= 15 is 0 Å². The van der Waals surface area contributed by atoms with Crippen molar-refractivity contribution in [3.8, 4) is 0 Å². The van der Waals surface area contributed by atoms with Gasteiger partial charge in [-0.05, 0) is 5.56 Å². The van der Waals surface area contributed by atoms with Gasteiger partial charge >= 0.3 is 6.09 Å². The maximum Gasteiger partial charge on any atom is 0.411 e. The van der Waals surface area contributed by atoms with E-state index in [2.05, 4.69) is 4.99 Å². The predicted octanol–water partition coefficient (Wildman–Crippen LogP) is 1.52. The first kappa shape index (κ1) is 9.71. The highest BCUT2D eigenvalue weighted by molar-refractivity contribution is 5.79. The topological polar surface area (TPSA) is 41.9 Å². The number of hydrogen-bond donors (Lipinski definition) is 0. The Balaban J connectivity index is 1.88. The van der Waals surface area contributed by atoms with Crippen molar-refractivity contribution in [2.45, 2.75) is 0 Å². The molecule has 0 radical (unpaired) electrons. The van der Waals surface area contributed by atoms with Gasteiger partial charge in [0.1, 0.15) is 13.3 Å². The molecule has 0 N–H and O–H groups in total. The van der Waals surface area contributed by atoms with Crippen LogP contribution >= 0.6 is 0 Å². The van der Waals surface area contributed by atoms with Crippen molar-refractivity contribution >= 4 is 12.3 Å². The average molecular weight is 204 g/mol. The Kier molecular flexibility index (Phi) is 2.97. The van der Waals surface area contributed by atoms with Crippen LogP contribution < -0.4 is 0 Å². The fraction of sp³-hybridized carbons (Fsp3) is 0.273. The Bertz CT molecular complexity index is 362. The fourth-order valence-corrected chi connectivity index (χ4v) is 1.34. The highest BCUT2D eigenvalue weighted by atomic mass is 16.6. The molecule has 1 fully saturated rings. The molecule has 4 nitrogen and oxygen atoms in total.